The molecule has 130 valence electrons. The normalized spacial score (nSPS) is 10.8. The number of pyridine rings is 1. The molecule has 0 spiro atoms. The highest BCUT2D eigenvalue weighted by atomic mass is 32.1. The Hall–Kier alpha value is -3.26. The van der Waals surface area contributed by atoms with E-state index in [1.807, 2.05) is 40.2 Å². The Morgan fingerprint density at radius 3 is 2.92 bits per heavy atom. The fourth-order valence-corrected chi connectivity index (χ4v) is 3.05. The molecule has 0 saturated carbocycles. The summed E-state index contributed by atoms with van der Waals surface area (Å²) in [6.45, 7) is 0.590. The van der Waals surface area contributed by atoms with Crippen molar-refractivity contribution in [3.05, 3.63) is 76.6 Å². The average molecular weight is 365 g/mol. The summed E-state index contributed by atoms with van der Waals surface area (Å²) in [6.07, 6.45) is 1.86. The Labute approximate surface area is 153 Å². The van der Waals surface area contributed by atoms with Crippen molar-refractivity contribution in [2.45, 2.75) is 13.2 Å². The van der Waals surface area contributed by atoms with Crippen LogP contribution in [0.2, 0.25) is 0 Å². The standard InChI is InChI=1S/C18H15N5O2S/c24-18(19-9-17-22-21-16-7-3-4-8-23(16)17)14-5-1-2-6-15(14)25-10-13-11-26-12-20-13/h1-8,11-12H,9-10H2,(H,19,24). The van der Waals surface area contributed by atoms with Gasteiger partial charge in [-0.3, -0.25) is 9.20 Å². The van der Waals surface area contributed by atoms with E-state index in [-0.39, 0.29) is 12.5 Å². The van der Waals surface area contributed by atoms with Crippen molar-refractivity contribution in [2.75, 3.05) is 0 Å². The third-order valence-electron chi connectivity index (χ3n) is 3.78. The van der Waals surface area contributed by atoms with Gasteiger partial charge < -0.3 is 10.1 Å². The van der Waals surface area contributed by atoms with Crippen molar-refractivity contribution in [3.63, 3.8) is 0 Å². The van der Waals surface area contributed by atoms with Crippen LogP contribution >= 0.6 is 11.3 Å². The fraction of sp³-hybridized carbons (Fsp3) is 0.111. The minimum Gasteiger partial charge on any atom is -0.486 e. The van der Waals surface area contributed by atoms with Gasteiger partial charge in [0.15, 0.2) is 11.5 Å². The number of benzene rings is 1. The largest absolute Gasteiger partial charge is 0.486 e. The molecule has 0 radical (unpaired) electrons. The molecule has 0 aliphatic carbocycles. The molecule has 0 fully saturated rings. The number of rotatable bonds is 6. The summed E-state index contributed by atoms with van der Waals surface area (Å²) in [5, 5.41) is 13.0. The highest BCUT2D eigenvalue weighted by Gasteiger charge is 2.14. The predicted molar refractivity (Wildman–Crippen MR) is 97.0 cm³/mol. The van der Waals surface area contributed by atoms with Crippen LogP contribution in [-0.4, -0.2) is 25.5 Å². The maximum atomic E-state index is 12.6. The number of fused-ring (bicyclic) bond motifs is 1. The van der Waals surface area contributed by atoms with Crippen molar-refractivity contribution in [2.24, 2.45) is 0 Å². The van der Waals surface area contributed by atoms with Crippen molar-refractivity contribution in [1.82, 2.24) is 24.9 Å². The van der Waals surface area contributed by atoms with Gasteiger partial charge in [-0.05, 0) is 24.3 Å². The Balaban J connectivity index is 1.46. The van der Waals surface area contributed by atoms with Gasteiger partial charge in [0.1, 0.15) is 12.4 Å². The van der Waals surface area contributed by atoms with Gasteiger partial charge in [-0.15, -0.1) is 21.5 Å². The first kappa shape index (κ1) is 16.2. The molecule has 3 aromatic heterocycles. The Morgan fingerprint density at radius 2 is 2.04 bits per heavy atom. The number of nitrogens with zero attached hydrogens (tertiary/aromatic N) is 4. The molecular weight excluding hydrogens is 350 g/mol. The van der Waals surface area contributed by atoms with E-state index in [9.17, 15) is 4.79 Å². The van der Waals surface area contributed by atoms with Crippen LogP contribution in [0.15, 0.2) is 59.6 Å². The lowest BCUT2D eigenvalue weighted by molar-refractivity contribution is 0.0945. The molecule has 0 bridgehead atoms. The second-order valence-corrected chi connectivity index (χ2v) is 6.21. The summed E-state index contributed by atoms with van der Waals surface area (Å²) in [5.41, 5.74) is 3.79. The van der Waals surface area contributed by atoms with E-state index < -0.39 is 0 Å². The van der Waals surface area contributed by atoms with Gasteiger partial charge in [-0.2, -0.15) is 0 Å². The number of amides is 1. The number of carbonyl (C=O) groups is 1. The second-order valence-electron chi connectivity index (χ2n) is 5.49. The van der Waals surface area contributed by atoms with Crippen molar-refractivity contribution in [3.8, 4) is 5.75 Å². The zero-order chi connectivity index (χ0) is 17.8. The van der Waals surface area contributed by atoms with Crippen LogP contribution < -0.4 is 10.1 Å². The molecule has 1 amide bonds. The van der Waals surface area contributed by atoms with Gasteiger partial charge in [0.05, 0.1) is 23.3 Å². The molecule has 1 aromatic carbocycles. The lowest BCUT2D eigenvalue weighted by Gasteiger charge is -2.10. The second kappa shape index (κ2) is 7.32. The molecule has 0 saturated heterocycles. The van der Waals surface area contributed by atoms with Crippen molar-refractivity contribution >= 4 is 22.9 Å². The molecule has 4 rings (SSSR count). The van der Waals surface area contributed by atoms with Gasteiger partial charge in [0.2, 0.25) is 0 Å². The zero-order valence-corrected chi connectivity index (χ0v) is 14.5. The van der Waals surface area contributed by atoms with Crippen LogP contribution in [-0.2, 0) is 13.2 Å². The number of thiazole rings is 1. The summed E-state index contributed by atoms with van der Waals surface area (Å²) < 4.78 is 7.60. The third kappa shape index (κ3) is 3.40. The number of carbonyl (C=O) groups excluding carboxylic acids is 1. The van der Waals surface area contributed by atoms with Crippen LogP contribution in [0.1, 0.15) is 21.9 Å². The smallest absolute Gasteiger partial charge is 0.255 e. The monoisotopic (exact) mass is 365 g/mol. The number of hydrogen-bond acceptors (Lipinski definition) is 6. The molecule has 26 heavy (non-hydrogen) atoms. The molecule has 0 unspecified atom stereocenters. The van der Waals surface area contributed by atoms with E-state index in [2.05, 4.69) is 20.5 Å². The average Bonchev–Trinajstić information content (AvgIpc) is 3.34. The summed E-state index contributed by atoms with van der Waals surface area (Å²) >= 11 is 1.51. The highest BCUT2D eigenvalue weighted by molar-refractivity contribution is 7.07. The van der Waals surface area contributed by atoms with Gasteiger partial charge in [-0.1, -0.05) is 18.2 Å². The van der Waals surface area contributed by atoms with E-state index in [1.165, 1.54) is 11.3 Å². The lowest BCUT2D eigenvalue weighted by Crippen LogP contribution is -2.24. The number of nitrogens with one attached hydrogen (secondary N) is 1. The van der Waals surface area contributed by atoms with Crippen LogP contribution in [0, 0.1) is 0 Å². The van der Waals surface area contributed by atoms with E-state index in [1.54, 1.807) is 23.7 Å². The topological polar surface area (TPSA) is 81.4 Å². The summed E-state index contributed by atoms with van der Waals surface area (Å²) in [4.78, 5) is 16.8. The summed E-state index contributed by atoms with van der Waals surface area (Å²) in [7, 11) is 0. The molecule has 0 atom stereocenters. The van der Waals surface area contributed by atoms with E-state index >= 15 is 0 Å². The number of aromatic nitrogens is 4. The van der Waals surface area contributed by atoms with Gasteiger partial charge in [0, 0.05) is 11.6 Å². The maximum absolute atomic E-state index is 12.6. The minimum absolute atomic E-state index is 0.230. The fourth-order valence-electron chi connectivity index (χ4n) is 2.51. The Kier molecular flexibility index (Phi) is 4.57. The molecule has 0 aliphatic rings. The van der Waals surface area contributed by atoms with Crippen molar-refractivity contribution in [1.29, 1.82) is 0 Å². The molecule has 1 N–H and O–H groups in total. The minimum atomic E-state index is -0.230. The van der Waals surface area contributed by atoms with Crippen LogP contribution in [0.5, 0.6) is 5.75 Å². The molecule has 7 nitrogen and oxygen atoms in total. The highest BCUT2D eigenvalue weighted by Crippen LogP contribution is 2.19. The molecule has 8 heteroatoms. The molecule has 4 aromatic rings. The number of para-hydroxylation sites is 1. The Morgan fingerprint density at radius 1 is 1.15 bits per heavy atom. The van der Waals surface area contributed by atoms with E-state index in [4.69, 9.17) is 4.74 Å². The SMILES string of the molecule is O=C(NCc1nnc2ccccn12)c1ccccc1OCc1cscn1. The molecule has 3 heterocycles. The van der Waals surface area contributed by atoms with Crippen LogP contribution in [0.4, 0.5) is 0 Å². The molecule has 0 aliphatic heterocycles. The van der Waals surface area contributed by atoms with Gasteiger partial charge >= 0.3 is 0 Å². The van der Waals surface area contributed by atoms with Crippen LogP contribution in [0.25, 0.3) is 5.65 Å². The zero-order valence-electron chi connectivity index (χ0n) is 13.7. The predicted octanol–water partition coefficient (Wildman–Crippen LogP) is 2.69. The Bertz CT molecular complexity index is 1030. The first-order chi connectivity index (χ1) is 12.8. The first-order valence-electron chi connectivity index (χ1n) is 7.97. The van der Waals surface area contributed by atoms with Crippen LogP contribution in [0.3, 0.4) is 0 Å². The van der Waals surface area contributed by atoms with E-state index in [0.29, 0.717) is 23.7 Å². The number of ether oxygens (including phenoxy) is 1. The number of hydrogen-bond donors (Lipinski definition) is 1. The first-order valence-corrected chi connectivity index (χ1v) is 8.91. The van der Waals surface area contributed by atoms with Gasteiger partial charge in [-0.25, -0.2) is 4.98 Å². The lowest BCUT2D eigenvalue weighted by atomic mass is 10.2. The third-order valence-corrected chi connectivity index (χ3v) is 4.42. The molecular formula is C18H15N5O2S. The van der Waals surface area contributed by atoms with Gasteiger partial charge in [0.25, 0.3) is 5.91 Å². The quantitative estimate of drug-likeness (QED) is 0.568. The maximum Gasteiger partial charge on any atom is 0.255 e. The van der Waals surface area contributed by atoms with Crippen molar-refractivity contribution < 1.29 is 9.53 Å². The summed E-state index contributed by atoms with van der Waals surface area (Å²) in [6, 6.07) is 12.8. The van der Waals surface area contributed by atoms with E-state index in [0.717, 1.165) is 11.3 Å². The summed E-state index contributed by atoms with van der Waals surface area (Å²) in [5.74, 6) is 0.950.